The Hall–Kier alpha value is -2.89. The van der Waals surface area contributed by atoms with Gasteiger partial charge in [-0.3, -0.25) is 9.59 Å². The summed E-state index contributed by atoms with van der Waals surface area (Å²) in [6.45, 7) is 1.90. The molecule has 1 atom stereocenters. The zero-order valence-electron chi connectivity index (χ0n) is 13.3. The topological polar surface area (TPSA) is 61.4 Å². The fraction of sp³-hybridized carbons (Fsp3) is 0.222. The maximum absolute atomic E-state index is 12.9. The van der Waals surface area contributed by atoms with Crippen molar-refractivity contribution in [1.29, 1.82) is 0 Å². The minimum absolute atomic E-state index is 0.0541. The average molecular weight is 327 g/mol. The van der Waals surface area contributed by atoms with Crippen LogP contribution in [0.2, 0.25) is 0 Å². The Morgan fingerprint density at radius 1 is 1.25 bits per heavy atom. The maximum atomic E-state index is 12.9. The summed E-state index contributed by atoms with van der Waals surface area (Å²) in [5.41, 5.74) is 1.97. The number of hydrogen-bond acceptors (Lipinski definition) is 3. The molecule has 1 aliphatic heterocycles. The SMILES string of the molecule is CC1CC(=O)Nc2ccccc2N1C(=O)CNc1ccc(F)cc1. The molecule has 124 valence electrons. The molecule has 1 aliphatic rings. The van der Waals surface area contributed by atoms with Gasteiger partial charge in [-0.2, -0.15) is 0 Å². The maximum Gasteiger partial charge on any atom is 0.246 e. The lowest BCUT2D eigenvalue weighted by molar-refractivity contribution is -0.118. The van der Waals surface area contributed by atoms with E-state index in [0.717, 1.165) is 0 Å². The van der Waals surface area contributed by atoms with Crippen LogP contribution in [0.4, 0.5) is 21.5 Å². The minimum atomic E-state index is -0.327. The quantitative estimate of drug-likeness (QED) is 0.911. The third-order valence-corrected chi connectivity index (χ3v) is 3.92. The molecule has 2 N–H and O–H groups in total. The van der Waals surface area contributed by atoms with E-state index in [1.54, 1.807) is 23.1 Å². The molecule has 6 heteroatoms. The van der Waals surface area contributed by atoms with Gasteiger partial charge in [-0.15, -0.1) is 0 Å². The highest BCUT2D eigenvalue weighted by atomic mass is 19.1. The van der Waals surface area contributed by atoms with Crippen molar-refractivity contribution in [2.75, 3.05) is 22.1 Å². The molecule has 1 unspecified atom stereocenters. The molecule has 0 bridgehead atoms. The van der Waals surface area contributed by atoms with E-state index in [2.05, 4.69) is 10.6 Å². The summed E-state index contributed by atoms with van der Waals surface area (Å²) < 4.78 is 12.9. The standard InChI is InChI=1S/C18H18FN3O2/c1-12-10-17(23)21-15-4-2-3-5-16(15)22(12)18(24)11-20-14-8-6-13(19)7-9-14/h2-9,12,20H,10-11H2,1H3,(H,21,23). The Bertz CT molecular complexity index is 761. The molecular formula is C18H18FN3O2. The van der Waals surface area contributed by atoms with Gasteiger partial charge < -0.3 is 15.5 Å². The van der Waals surface area contributed by atoms with Gasteiger partial charge in [0.2, 0.25) is 11.8 Å². The molecular weight excluding hydrogens is 309 g/mol. The molecule has 2 amide bonds. The number of amides is 2. The Morgan fingerprint density at radius 3 is 2.71 bits per heavy atom. The Balaban J connectivity index is 1.79. The van der Waals surface area contributed by atoms with Crippen LogP contribution in [0.5, 0.6) is 0 Å². The molecule has 24 heavy (non-hydrogen) atoms. The van der Waals surface area contributed by atoms with E-state index in [9.17, 15) is 14.0 Å². The summed E-state index contributed by atoms with van der Waals surface area (Å²) >= 11 is 0. The number of carbonyl (C=O) groups excluding carboxylic acids is 2. The third-order valence-electron chi connectivity index (χ3n) is 3.92. The van der Waals surface area contributed by atoms with Gasteiger partial charge >= 0.3 is 0 Å². The molecule has 0 saturated carbocycles. The highest BCUT2D eigenvalue weighted by Crippen LogP contribution is 2.31. The van der Waals surface area contributed by atoms with Gasteiger partial charge in [-0.05, 0) is 43.3 Å². The van der Waals surface area contributed by atoms with Crippen LogP contribution < -0.4 is 15.5 Å². The van der Waals surface area contributed by atoms with Crippen molar-refractivity contribution in [3.8, 4) is 0 Å². The van der Waals surface area contributed by atoms with Crippen molar-refractivity contribution >= 4 is 28.9 Å². The summed E-state index contributed by atoms with van der Waals surface area (Å²) in [4.78, 5) is 26.3. The second-order valence-electron chi connectivity index (χ2n) is 5.74. The Labute approximate surface area is 139 Å². The number of fused-ring (bicyclic) bond motifs is 1. The second-order valence-corrected chi connectivity index (χ2v) is 5.74. The van der Waals surface area contributed by atoms with E-state index in [4.69, 9.17) is 0 Å². The third kappa shape index (κ3) is 3.37. The number of rotatable bonds is 3. The summed E-state index contributed by atoms with van der Waals surface area (Å²) in [6.07, 6.45) is 0.233. The smallest absolute Gasteiger partial charge is 0.246 e. The predicted octanol–water partition coefficient (Wildman–Crippen LogP) is 3.00. The number of nitrogens with zero attached hydrogens (tertiary/aromatic N) is 1. The van der Waals surface area contributed by atoms with Gasteiger partial charge in [0, 0.05) is 18.2 Å². The van der Waals surface area contributed by atoms with E-state index in [-0.39, 0.29) is 36.6 Å². The van der Waals surface area contributed by atoms with Gasteiger partial charge in [-0.25, -0.2) is 4.39 Å². The van der Waals surface area contributed by atoms with Crippen LogP contribution in [0.25, 0.3) is 0 Å². The van der Waals surface area contributed by atoms with Gasteiger partial charge in [0.05, 0.1) is 17.9 Å². The lowest BCUT2D eigenvalue weighted by Crippen LogP contribution is -2.42. The molecule has 0 aliphatic carbocycles. The van der Waals surface area contributed by atoms with E-state index in [0.29, 0.717) is 17.1 Å². The van der Waals surface area contributed by atoms with E-state index in [1.165, 1.54) is 12.1 Å². The van der Waals surface area contributed by atoms with Crippen molar-refractivity contribution in [2.24, 2.45) is 0 Å². The number of benzene rings is 2. The van der Waals surface area contributed by atoms with Gasteiger partial charge in [0.1, 0.15) is 5.82 Å². The molecule has 5 nitrogen and oxygen atoms in total. The van der Waals surface area contributed by atoms with Crippen molar-refractivity contribution < 1.29 is 14.0 Å². The van der Waals surface area contributed by atoms with Crippen LogP contribution in [0, 0.1) is 5.82 Å². The summed E-state index contributed by atoms with van der Waals surface area (Å²) in [5, 5.41) is 5.81. The molecule has 0 aromatic heterocycles. The van der Waals surface area contributed by atoms with Crippen LogP contribution in [-0.4, -0.2) is 24.4 Å². The second kappa shape index (κ2) is 6.70. The van der Waals surface area contributed by atoms with Crippen molar-refractivity contribution in [1.82, 2.24) is 0 Å². The fourth-order valence-electron chi connectivity index (χ4n) is 2.80. The summed E-state index contributed by atoms with van der Waals surface area (Å²) in [5.74, 6) is -0.598. The molecule has 2 aromatic carbocycles. The fourth-order valence-corrected chi connectivity index (χ4v) is 2.80. The van der Waals surface area contributed by atoms with Crippen LogP contribution in [0.3, 0.4) is 0 Å². The van der Waals surface area contributed by atoms with Crippen molar-refractivity contribution in [3.05, 3.63) is 54.3 Å². The average Bonchev–Trinajstić information content (AvgIpc) is 2.68. The number of anilines is 3. The van der Waals surface area contributed by atoms with E-state index >= 15 is 0 Å². The molecule has 0 saturated heterocycles. The lowest BCUT2D eigenvalue weighted by atomic mass is 10.1. The van der Waals surface area contributed by atoms with E-state index in [1.807, 2.05) is 25.1 Å². The van der Waals surface area contributed by atoms with Crippen LogP contribution in [0.1, 0.15) is 13.3 Å². The van der Waals surface area contributed by atoms with Crippen LogP contribution >= 0.6 is 0 Å². The number of halogens is 1. The molecule has 2 aromatic rings. The first-order chi connectivity index (χ1) is 11.5. The highest BCUT2D eigenvalue weighted by molar-refractivity contribution is 6.05. The zero-order valence-corrected chi connectivity index (χ0v) is 13.3. The number of hydrogen-bond donors (Lipinski definition) is 2. The molecule has 0 fully saturated rings. The first kappa shape index (κ1) is 16.0. The van der Waals surface area contributed by atoms with Crippen molar-refractivity contribution in [3.63, 3.8) is 0 Å². The number of nitrogens with one attached hydrogen (secondary N) is 2. The lowest BCUT2D eigenvalue weighted by Gasteiger charge is -2.28. The molecule has 1 heterocycles. The molecule has 3 rings (SSSR count). The summed E-state index contributed by atoms with van der Waals surface area (Å²) in [7, 11) is 0. The first-order valence-electron chi connectivity index (χ1n) is 7.75. The van der Waals surface area contributed by atoms with Crippen molar-refractivity contribution in [2.45, 2.75) is 19.4 Å². The Kier molecular flexibility index (Phi) is 4.46. The van der Waals surface area contributed by atoms with Gasteiger partial charge in [0.15, 0.2) is 0 Å². The van der Waals surface area contributed by atoms with Crippen LogP contribution in [0.15, 0.2) is 48.5 Å². The first-order valence-corrected chi connectivity index (χ1v) is 7.75. The van der Waals surface area contributed by atoms with Gasteiger partial charge in [-0.1, -0.05) is 12.1 Å². The Morgan fingerprint density at radius 2 is 1.96 bits per heavy atom. The zero-order chi connectivity index (χ0) is 17.1. The molecule has 0 radical (unpaired) electrons. The van der Waals surface area contributed by atoms with Gasteiger partial charge in [0.25, 0.3) is 0 Å². The highest BCUT2D eigenvalue weighted by Gasteiger charge is 2.29. The van der Waals surface area contributed by atoms with Crippen LogP contribution in [-0.2, 0) is 9.59 Å². The normalized spacial score (nSPS) is 16.8. The predicted molar refractivity (Wildman–Crippen MR) is 91.5 cm³/mol. The van der Waals surface area contributed by atoms with E-state index < -0.39 is 0 Å². The molecule has 0 spiro atoms. The number of carbonyl (C=O) groups is 2. The minimum Gasteiger partial charge on any atom is -0.376 e. The largest absolute Gasteiger partial charge is 0.376 e. The number of para-hydroxylation sites is 2. The summed E-state index contributed by atoms with van der Waals surface area (Å²) in [6, 6.07) is 12.8. The monoisotopic (exact) mass is 327 g/mol.